The second kappa shape index (κ2) is 9.73. The lowest BCUT2D eigenvalue weighted by Crippen LogP contribution is -2.35. The van der Waals surface area contributed by atoms with Gasteiger partial charge in [0, 0.05) is 30.6 Å². The average Bonchev–Trinajstić information content (AvgIpc) is 3.17. The maximum atomic E-state index is 13.1. The van der Waals surface area contributed by atoms with E-state index in [2.05, 4.69) is 15.7 Å². The summed E-state index contributed by atoms with van der Waals surface area (Å²) in [5, 5.41) is 10.9. The number of rotatable bonds is 8. The Balaban J connectivity index is 1.91. The first-order valence-corrected chi connectivity index (χ1v) is 10.8. The fourth-order valence-corrected chi connectivity index (χ4v) is 3.42. The van der Waals surface area contributed by atoms with Gasteiger partial charge in [-0.2, -0.15) is 5.10 Å². The third-order valence-corrected chi connectivity index (χ3v) is 5.38. The van der Waals surface area contributed by atoms with E-state index < -0.39 is 0 Å². The number of pyridine rings is 1. The van der Waals surface area contributed by atoms with Gasteiger partial charge in [-0.3, -0.25) is 9.59 Å². The highest BCUT2D eigenvalue weighted by Gasteiger charge is 2.19. The van der Waals surface area contributed by atoms with Crippen LogP contribution in [-0.2, 0) is 4.79 Å². The van der Waals surface area contributed by atoms with Crippen LogP contribution >= 0.6 is 0 Å². The van der Waals surface area contributed by atoms with E-state index in [4.69, 9.17) is 4.98 Å². The van der Waals surface area contributed by atoms with Crippen LogP contribution in [0.2, 0.25) is 0 Å². The number of nitrogens with one attached hydrogen (secondary N) is 2. The van der Waals surface area contributed by atoms with E-state index in [1.165, 1.54) is 0 Å². The summed E-state index contributed by atoms with van der Waals surface area (Å²) in [5.41, 5.74) is 3.97. The minimum absolute atomic E-state index is 0.0669. The molecule has 7 heteroatoms. The number of carbonyl (C=O) groups excluding carboxylic acids is 2. The number of carbonyl (C=O) groups is 2. The standard InChI is InChI=1S/C24H31N5O2/c1-6-17(5)27-22(30)11-12-25-24(31)19-13-21(18-10-8-7-9-16(18)4)28-23-20(19)14-26-29(23)15(2)3/h7-10,13-15,17H,6,11-12H2,1-5H3,(H,25,31)(H,27,30). The Morgan fingerprint density at radius 3 is 2.58 bits per heavy atom. The fraction of sp³-hybridized carbons (Fsp3) is 0.417. The molecule has 3 aromatic rings. The van der Waals surface area contributed by atoms with Crippen molar-refractivity contribution >= 4 is 22.8 Å². The molecule has 0 aliphatic carbocycles. The zero-order valence-electron chi connectivity index (χ0n) is 18.9. The van der Waals surface area contributed by atoms with Crippen LogP contribution in [0.25, 0.3) is 22.3 Å². The molecule has 0 bridgehead atoms. The van der Waals surface area contributed by atoms with Gasteiger partial charge in [-0.25, -0.2) is 9.67 Å². The minimum Gasteiger partial charge on any atom is -0.354 e. The van der Waals surface area contributed by atoms with E-state index in [-0.39, 0.29) is 36.9 Å². The lowest BCUT2D eigenvalue weighted by molar-refractivity contribution is -0.121. The molecule has 1 unspecified atom stereocenters. The highest BCUT2D eigenvalue weighted by atomic mass is 16.2. The predicted molar refractivity (Wildman–Crippen MR) is 123 cm³/mol. The van der Waals surface area contributed by atoms with Crippen molar-refractivity contribution in [3.05, 3.63) is 47.7 Å². The van der Waals surface area contributed by atoms with E-state index in [1.807, 2.05) is 69.6 Å². The second-order valence-corrected chi connectivity index (χ2v) is 8.17. The lowest BCUT2D eigenvalue weighted by Gasteiger charge is -2.13. The zero-order valence-corrected chi connectivity index (χ0v) is 18.9. The smallest absolute Gasteiger partial charge is 0.252 e. The molecule has 0 aliphatic heterocycles. The van der Waals surface area contributed by atoms with Gasteiger partial charge in [-0.1, -0.05) is 31.2 Å². The van der Waals surface area contributed by atoms with E-state index in [1.54, 1.807) is 6.20 Å². The molecular weight excluding hydrogens is 390 g/mol. The summed E-state index contributed by atoms with van der Waals surface area (Å²) in [6.07, 6.45) is 2.79. The summed E-state index contributed by atoms with van der Waals surface area (Å²) in [6, 6.07) is 10.0. The fourth-order valence-electron chi connectivity index (χ4n) is 3.42. The molecule has 1 aromatic carbocycles. The number of hydrogen-bond donors (Lipinski definition) is 2. The molecule has 0 radical (unpaired) electrons. The molecule has 7 nitrogen and oxygen atoms in total. The molecule has 2 heterocycles. The number of hydrogen-bond acceptors (Lipinski definition) is 4. The van der Waals surface area contributed by atoms with Crippen molar-refractivity contribution in [1.82, 2.24) is 25.4 Å². The number of nitrogens with zero attached hydrogens (tertiary/aromatic N) is 3. The molecule has 0 fully saturated rings. The first-order valence-electron chi connectivity index (χ1n) is 10.8. The molecular formula is C24H31N5O2. The van der Waals surface area contributed by atoms with Crippen molar-refractivity contribution in [2.45, 2.75) is 59.5 Å². The first kappa shape index (κ1) is 22.5. The summed E-state index contributed by atoms with van der Waals surface area (Å²) < 4.78 is 1.83. The van der Waals surface area contributed by atoms with Crippen LogP contribution in [0, 0.1) is 6.92 Å². The molecule has 31 heavy (non-hydrogen) atoms. The normalized spacial score (nSPS) is 12.2. The number of benzene rings is 1. The van der Waals surface area contributed by atoms with Gasteiger partial charge in [-0.05, 0) is 45.7 Å². The zero-order chi connectivity index (χ0) is 22.5. The Bertz CT molecular complexity index is 1090. The van der Waals surface area contributed by atoms with Gasteiger partial charge in [0.2, 0.25) is 5.91 Å². The van der Waals surface area contributed by atoms with Crippen LogP contribution < -0.4 is 10.6 Å². The van der Waals surface area contributed by atoms with Gasteiger partial charge in [0.05, 0.1) is 22.8 Å². The van der Waals surface area contributed by atoms with Gasteiger partial charge in [0.15, 0.2) is 5.65 Å². The summed E-state index contributed by atoms with van der Waals surface area (Å²) in [5.74, 6) is -0.301. The minimum atomic E-state index is -0.234. The van der Waals surface area contributed by atoms with Crippen molar-refractivity contribution < 1.29 is 9.59 Å². The lowest BCUT2D eigenvalue weighted by atomic mass is 10.0. The van der Waals surface area contributed by atoms with E-state index in [9.17, 15) is 9.59 Å². The van der Waals surface area contributed by atoms with E-state index in [0.29, 0.717) is 16.6 Å². The number of aryl methyl sites for hydroxylation is 1. The van der Waals surface area contributed by atoms with Crippen LogP contribution in [0.3, 0.4) is 0 Å². The third kappa shape index (κ3) is 5.10. The van der Waals surface area contributed by atoms with Crippen LogP contribution in [0.15, 0.2) is 36.5 Å². The largest absolute Gasteiger partial charge is 0.354 e. The van der Waals surface area contributed by atoms with E-state index in [0.717, 1.165) is 23.2 Å². The Morgan fingerprint density at radius 2 is 1.90 bits per heavy atom. The van der Waals surface area contributed by atoms with Crippen LogP contribution in [0.1, 0.15) is 62.5 Å². The van der Waals surface area contributed by atoms with Gasteiger partial charge < -0.3 is 10.6 Å². The quantitative estimate of drug-likeness (QED) is 0.575. The highest BCUT2D eigenvalue weighted by Crippen LogP contribution is 2.28. The molecule has 2 amide bonds. The third-order valence-electron chi connectivity index (χ3n) is 5.38. The average molecular weight is 422 g/mol. The molecule has 2 N–H and O–H groups in total. The Labute approximate surface area is 183 Å². The molecule has 1 atom stereocenters. The maximum absolute atomic E-state index is 13.1. The monoisotopic (exact) mass is 421 g/mol. The second-order valence-electron chi connectivity index (χ2n) is 8.17. The molecule has 164 valence electrons. The topological polar surface area (TPSA) is 88.9 Å². The Hall–Kier alpha value is -3.22. The maximum Gasteiger partial charge on any atom is 0.252 e. The summed E-state index contributed by atoms with van der Waals surface area (Å²) in [4.78, 5) is 29.9. The molecule has 0 aliphatic rings. The summed E-state index contributed by atoms with van der Waals surface area (Å²) in [6.45, 7) is 10.3. The van der Waals surface area contributed by atoms with Gasteiger partial charge in [0.25, 0.3) is 5.91 Å². The van der Waals surface area contributed by atoms with Gasteiger partial charge >= 0.3 is 0 Å². The van der Waals surface area contributed by atoms with E-state index >= 15 is 0 Å². The van der Waals surface area contributed by atoms with Crippen molar-refractivity contribution in [1.29, 1.82) is 0 Å². The number of amides is 2. The summed E-state index contributed by atoms with van der Waals surface area (Å²) >= 11 is 0. The first-order chi connectivity index (χ1) is 14.8. The van der Waals surface area contributed by atoms with Gasteiger partial charge in [-0.15, -0.1) is 0 Å². The molecule has 0 saturated heterocycles. The van der Waals surface area contributed by atoms with Crippen molar-refractivity contribution in [3.8, 4) is 11.3 Å². The van der Waals surface area contributed by atoms with Crippen LogP contribution in [-0.4, -0.2) is 39.2 Å². The van der Waals surface area contributed by atoms with Crippen molar-refractivity contribution in [2.75, 3.05) is 6.54 Å². The van der Waals surface area contributed by atoms with Crippen molar-refractivity contribution in [2.24, 2.45) is 0 Å². The van der Waals surface area contributed by atoms with Crippen LogP contribution in [0.5, 0.6) is 0 Å². The molecule has 0 saturated carbocycles. The predicted octanol–water partition coefficient (Wildman–Crippen LogP) is 4.02. The highest BCUT2D eigenvalue weighted by molar-refractivity contribution is 6.06. The van der Waals surface area contributed by atoms with Crippen LogP contribution in [0.4, 0.5) is 0 Å². The Kier molecular flexibility index (Phi) is 7.05. The Morgan fingerprint density at radius 1 is 1.16 bits per heavy atom. The van der Waals surface area contributed by atoms with Crippen molar-refractivity contribution in [3.63, 3.8) is 0 Å². The molecule has 0 spiro atoms. The molecule has 2 aromatic heterocycles. The summed E-state index contributed by atoms with van der Waals surface area (Å²) in [7, 11) is 0. The number of aromatic nitrogens is 3. The SMILES string of the molecule is CCC(C)NC(=O)CCNC(=O)c1cc(-c2ccccc2C)nc2c1cnn2C(C)C. The van der Waals surface area contributed by atoms with Gasteiger partial charge in [0.1, 0.15) is 0 Å². The number of fused-ring (bicyclic) bond motifs is 1. The molecule has 3 rings (SSSR count).